The maximum absolute atomic E-state index is 5.94. The van der Waals surface area contributed by atoms with Crippen molar-refractivity contribution in [1.29, 1.82) is 0 Å². The zero-order chi connectivity index (χ0) is 14.7. The van der Waals surface area contributed by atoms with E-state index in [-0.39, 0.29) is 6.79 Å². The Kier molecular flexibility index (Phi) is 4.53. The molecule has 4 nitrogen and oxygen atoms in total. The molecule has 1 aromatic carbocycles. The summed E-state index contributed by atoms with van der Waals surface area (Å²) in [5.41, 5.74) is 1.06. The van der Waals surface area contributed by atoms with E-state index in [0.29, 0.717) is 6.61 Å². The summed E-state index contributed by atoms with van der Waals surface area (Å²) in [7, 11) is 0. The molecule has 0 saturated carbocycles. The summed E-state index contributed by atoms with van der Waals surface area (Å²) in [6, 6.07) is 7.72. The van der Waals surface area contributed by atoms with E-state index in [1.807, 2.05) is 24.3 Å². The van der Waals surface area contributed by atoms with Crippen LogP contribution in [0, 0.1) is 0 Å². The molecule has 6 heteroatoms. The number of ether oxygens (including phenoxy) is 3. The summed E-state index contributed by atoms with van der Waals surface area (Å²) in [5.74, 6) is 2.31. The van der Waals surface area contributed by atoms with Gasteiger partial charge in [0.25, 0.3) is 0 Å². The van der Waals surface area contributed by atoms with Crippen molar-refractivity contribution in [3.63, 3.8) is 0 Å². The van der Waals surface area contributed by atoms with E-state index in [2.05, 4.69) is 12.2 Å². The molecular formula is C15H16ClNO3S. The summed E-state index contributed by atoms with van der Waals surface area (Å²) < 4.78 is 17.5. The molecule has 0 atom stereocenters. The van der Waals surface area contributed by atoms with Crippen molar-refractivity contribution in [3.8, 4) is 17.2 Å². The predicted molar refractivity (Wildman–Crippen MR) is 83.6 cm³/mol. The molecule has 112 valence electrons. The van der Waals surface area contributed by atoms with Crippen molar-refractivity contribution in [2.45, 2.75) is 20.1 Å². The van der Waals surface area contributed by atoms with Crippen LogP contribution in [0.25, 0.3) is 0 Å². The number of fused-ring (bicyclic) bond motifs is 1. The lowest BCUT2D eigenvalue weighted by molar-refractivity contribution is 0.173. The summed E-state index contributed by atoms with van der Waals surface area (Å²) >= 11 is 7.46. The maximum Gasteiger partial charge on any atom is 0.231 e. The molecule has 2 heterocycles. The first-order valence-corrected chi connectivity index (χ1v) is 7.96. The Morgan fingerprint density at radius 1 is 1.29 bits per heavy atom. The van der Waals surface area contributed by atoms with Crippen LogP contribution >= 0.6 is 22.9 Å². The van der Waals surface area contributed by atoms with E-state index >= 15 is 0 Å². The lowest BCUT2D eigenvalue weighted by Gasteiger charge is -2.12. The molecular weight excluding hydrogens is 310 g/mol. The van der Waals surface area contributed by atoms with Crippen molar-refractivity contribution in [1.82, 2.24) is 5.32 Å². The zero-order valence-corrected chi connectivity index (χ0v) is 13.2. The monoisotopic (exact) mass is 325 g/mol. The predicted octanol–water partition coefficient (Wildman–Crippen LogP) is 3.82. The quantitative estimate of drug-likeness (QED) is 0.876. The van der Waals surface area contributed by atoms with Gasteiger partial charge in [0.15, 0.2) is 11.5 Å². The normalized spacial score (nSPS) is 12.7. The van der Waals surface area contributed by atoms with Gasteiger partial charge in [0.2, 0.25) is 6.79 Å². The molecule has 1 aliphatic rings. The topological polar surface area (TPSA) is 39.7 Å². The molecule has 1 N–H and O–H groups in total. The third kappa shape index (κ3) is 3.43. The number of benzene rings is 1. The molecule has 1 aromatic heterocycles. The van der Waals surface area contributed by atoms with E-state index in [0.717, 1.165) is 45.1 Å². The highest BCUT2D eigenvalue weighted by Crippen LogP contribution is 2.38. The fourth-order valence-corrected chi connectivity index (χ4v) is 3.08. The smallest absolute Gasteiger partial charge is 0.231 e. The van der Waals surface area contributed by atoms with Crippen LogP contribution in [0.2, 0.25) is 4.34 Å². The largest absolute Gasteiger partial charge is 0.488 e. The number of nitrogens with one attached hydrogen (secondary N) is 1. The third-order valence-corrected chi connectivity index (χ3v) is 4.32. The van der Waals surface area contributed by atoms with E-state index in [1.54, 1.807) is 0 Å². The molecule has 0 amide bonds. The number of halogens is 1. The third-order valence-electron chi connectivity index (χ3n) is 3.12. The van der Waals surface area contributed by atoms with Crippen LogP contribution in [0.3, 0.4) is 0 Å². The van der Waals surface area contributed by atoms with Gasteiger partial charge in [-0.1, -0.05) is 18.5 Å². The molecule has 0 saturated heterocycles. The van der Waals surface area contributed by atoms with Gasteiger partial charge in [0, 0.05) is 23.1 Å². The molecule has 0 spiro atoms. The van der Waals surface area contributed by atoms with Gasteiger partial charge in [-0.15, -0.1) is 11.3 Å². The summed E-state index contributed by atoms with van der Waals surface area (Å²) in [5, 5.41) is 3.30. The van der Waals surface area contributed by atoms with Gasteiger partial charge in [-0.25, -0.2) is 0 Å². The maximum atomic E-state index is 5.94. The first-order valence-electron chi connectivity index (χ1n) is 6.76. The summed E-state index contributed by atoms with van der Waals surface area (Å²) in [4.78, 5) is 1.09. The van der Waals surface area contributed by atoms with Gasteiger partial charge in [0.05, 0.1) is 4.34 Å². The average Bonchev–Trinajstić information content (AvgIpc) is 3.10. The minimum Gasteiger partial charge on any atom is -0.488 e. The second-order valence-corrected chi connectivity index (χ2v) is 6.39. The summed E-state index contributed by atoms with van der Waals surface area (Å²) in [6.45, 7) is 4.46. The van der Waals surface area contributed by atoms with Gasteiger partial charge in [-0.05, 0) is 24.7 Å². The standard InChI is InChI=1S/C15H16ClNO3S/c1-2-17-7-10-5-13-14(20-9-19-13)6-12(10)18-8-11-3-4-15(16)21-11/h3-6,17H,2,7-9H2,1H3. The average molecular weight is 326 g/mol. The molecule has 0 radical (unpaired) electrons. The van der Waals surface area contributed by atoms with Crippen LogP contribution in [0.15, 0.2) is 24.3 Å². The SMILES string of the molecule is CCNCc1cc2c(cc1OCc1ccc(Cl)s1)OCO2. The van der Waals surface area contributed by atoms with Crippen LogP contribution in [0.1, 0.15) is 17.4 Å². The van der Waals surface area contributed by atoms with Crippen LogP contribution in [-0.4, -0.2) is 13.3 Å². The van der Waals surface area contributed by atoms with Crippen molar-refractivity contribution < 1.29 is 14.2 Å². The molecule has 0 aliphatic carbocycles. The molecule has 0 bridgehead atoms. The first kappa shape index (κ1) is 14.5. The number of rotatable bonds is 6. The van der Waals surface area contributed by atoms with Gasteiger partial charge in [0.1, 0.15) is 12.4 Å². The van der Waals surface area contributed by atoms with Gasteiger partial charge in [-0.2, -0.15) is 0 Å². The minimum atomic E-state index is 0.264. The van der Waals surface area contributed by atoms with Gasteiger partial charge >= 0.3 is 0 Å². The zero-order valence-electron chi connectivity index (χ0n) is 11.6. The van der Waals surface area contributed by atoms with Crippen molar-refractivity contribution in [2.24, 2.45) is 0 Å². The second-order valence-electron chi connectivity index (χ2n) is 4.59. The molecule has 0 fully saturated rings. The molecule has 1 aliphatic heterocycles. The van der Waals surface area contributed by atoms with Gasteiger partial charge in [-0.3, -0.25) is 0 Å². The highest BCUT2D eigenvalue weighted by Gasteiger charge is 2.18. The fourth-order valence-electron chi connectivity index (χ4n) is 2.08. The Hall–Kier alpha value is -1.43. The highest BCUT2D eigenvalue weighted by atomic mass is 35.5. The molecule has 2 aromatic rings. The number of thiophene rings is 1. The first-order chi connectivity index (χ1) is 10.3. The van der Waals surface area contributed by atoms with Crippen molar-refractivity contribution >= 4 is 22.9 Å². The van der Waals surface area contributed by atoms with E-state index < -0.39 is 0 Å². The van der Waals surface area contributed by atoms with Crippen LogP contribution in [-0.2, 0) is 13.2 Å². The Morgan fingerprint density at radius 3 is 2.81 bits per heavy atom. The van der Waals surface area contributed by atoms with Crippen LogP contribution < -0.4 is 19.5 Å². The Labute approximate surface area is 132 Å². The Balaban J connectivity index is 1.78. The Bertz CT molecular complexity index is 629. The van der Waals surface area contributed by atoms with E-state index in [9.17, 15) is 0 Å². The number of hydrogen-bond acceptors (Lipinski definition) is 5. The fraction of sp³-hybridized carbons (Fsp3) is 0.333. The lowest BCUT2D eigenvalue weighted by atomic mass is 10.1. The molecule has 3 rings (SSSR count). The van der Waals surface area contributed by atoms with Crippen molar-refractivity contribution in [2.75, 3.05) is 13.3 Å². The van der Waals surface area contributed by atoms with Crippen LogP contribution in [0.4, 0.5) is 0 Å². The lowest BCUT2D eigenvalue weighted by Crippen LogP contribution is -2.12. The molecule has 0 unspecified atom stereocenters. The van der Waals surface area contributed by atoms with Crippen molar-refractivity contribution in [3.05, 3.63) is 39.0 Å². The minimum absolute atomic E-state index is 0.264. The second kappa shape index (κ2) is 6.56. The highest BCUT2D eigenvalue weighted by molar-refractivity contribution is 7.16. The van der Waals surface area contributed by atoms with Crippen LogP contribution in [0.5, 0.6) is 17.2 Å². The molecule has 21 heavy (non-hydrogen) atoms. The van der Waals surface area contributed by atoms with E-state index in [4.69, 9.17) is 25.8 Å². The number of hydrogen-bond donors (Lipinski definition) is 1. The Morgan fingerprint density at radius 2 is 2.10 bits per heavy atom. The van der Waals surface area contributed by atoms with Gasteiger partial charge < -0.3 is 19.5 Å². The summed E-state index contributed by atoms with van der Waals surface area (Å²) in [6.07, 6.45) is 0. The van der Waals surface area contributed by atoms with E-state index in [1.165, 1.54) is 11.3 Å².